The highest BCUT2D eigenvalue weighted by molar-refractivity contribution is 6.11. The molecule has 150 valence electrons. The predicted octanol–water partition coefficient (Wildman–Crippen LogP) is 2.56. The molecule has 4 rings (SSSR count). The minimum Gasteiger partial charge on any atom is -0.387 e. The molecule has 0 spiro atoms. The molecule has 3 aliphatic heterocycles. The van der Waals surface area contributed by atoms with Crippen LogP contribution in [0, 0.1) is 0 Å². The zero-order chi connectivity index (χ0) is 20.6. The van der Waals surface area contributed by atoms with Gasteiger partial charge in [0.05, 0.1) is 11.3 Å². The number of halogens is 3. The van der Waals surface area contributed by atoms with Crippen LogP contribution < -0.4 is 16.0 Å². The van der Waals surface area contributed by atoms with Crippen molar-refractivity contribution in [2.45, 2.75) is 19.3 Å². The van der Waals surface area contributed by atoms with Gasteiger partial charge in [-0.25, -0.2) is 5.01 Å². The predicted molar refractivity (Wildman–Crippen MR) is 102 cm³/mol. The van der Waals surface area contributed by atoms with Crippen LogP contribution in [-0.2, 0) is 11.0 Å². The first kappa shape index (κ1) is 18.9. The number of carbonyl (C=O) groups is 1. The lowest BCUT2D eigenvalue weighted by Gasteiger charge is -2.29. The molecule has 1 amide bonds. The number of allylic oxidation sites excluding steroid dienone is 2. The summed E-state index contributed by atoms with van der Waals surface area (Å²) in [4.78, 5) is 12.7. The van der Waals surface area contributed by atoms with E-state index in [4.69, 9.17) is 0 Å². The topological polar surface area (TPSA) is 68.8 Å². The van der Waals surface area contributed by atoms with Gasteiger partial charge >= 0.3 is 6.18 Å². The zero-order valence-corrected chi connectivity index (χ0v) is 15.4. The lowest BCUT2D eigenvalue weighted by atomic mass is 9.99. The first-order valence-electron chi connectivity index (χ1n) is 8.95. The van der Waals surface area contributed by atoms with E-state index in [1.807, 2.05) is 6.08 Å². The average molecular weight is 401 g/mol. The Labute approximate surface area is 165 Å². The fraction of sp³-hybridized carbons (Fsp3) is 0.200. The average Bonchev–Trinajstić information content (AvgIpc) is 3.13. The summed E-state index contributed by atoms with van der Waals surface area (Å²) in [5.74, 6) is -0.403. The monoisotopic (exact) mass is 401 g/mol. The van der Waals surface area contributed by atoms with E-state index in [9.17, 15) is 18.0 Å². The molecule has 1 aromatic carbocycles. The summed E-state index contributed by atoms with van der Waals surface area (Å²) < 4.78 is 40.3. The maximum Gasteiger partial charge on any atom is 0.417 e. The number of fused-ring (bicyclic) bond motifs is 1. The van der Waals surface area contributed by atoms with Gasteiger partial charge in [0.25, 0.3) is 5.91 Å². The molecule has 1 atom stereocenters. The number of hydrazone groups is 1. The van der Waals surface area contributed by atoms with Crippen molar-refractivity contribution in [3.8, 4) is 0 Å². The highest BCUT2D eigenvalue weighted by Crippen LogP contribution is 2.34. The second-order valence-corrected chi connectivity index (χ2v) is 6.72. The Kier molecular flexibility index (Phi) is 4.65. The Morgan fingerprint density at radius 2 is 2.10 bits per heavy atom. The lowest BCUT2D eigenvalue weighted by Crippen LogP contribution is -2.41. The number of hydrogen-bond donors (Lipinski definition) is 3. The molecular weight excluding hydrogens is 383 g/mol. The lowest BCUT2D eigenvalue weighted by molar-refractivity contribution is -0.137. The van der Waals surface area contributed by atoms with Gasteiger partial charge in [-0.15, -0.1) is 0 Å². The van der Waals surface area contributed by atoms with E-state index in [1.54, 1.807) is 25.3 Å². The number of alkyl halides is 3. The third-order valence-corrected chi connectivity index (χ3v) is 4.70. The van der Waals surface area contributed by atoms with Crippen LogP contribution in [0.25, 0.3) is 0 Å². The van der Waals surface area contributed by atoms with E-state index in [2.05, 4.69) is 21.1 Å². The number of hydrogen-bond acceptors (Lipinski definition) is 5. The van der Waals surface area contributed by atoms with Crippen molar-refractivity contribution in [3.63, 3.8) is 0 Å². The minimum atomic E-state index is -4.51. The minimum absolute atomic E-state index is 0.0338. The Bertz CT molecular complexity index is 1000. The van der Waals surface area contributed by atoms with Crippen molar-refractivity contribution in [1.29, 1.82) is 0 Å². The SMILES string of the molecule is CC1=CC(c2ccccc2C(F)(F)F)=NN2C(C(=O)NC3=CCNC=C3)=CNC12. The van der Waals surface area contributed by atoms with E-state index in [-0.39, 0.29) is 17.0 Å². The van der Waals surface area contributed by atoms with Gasteiger partial charge in [-0.2, -0.15) is 18.3 Å². The van der Waals surface area contributed by atoms with Crippen molar-refractivity contribution in [2.75, 3.05) is 6.54 Å². The molecule has 9 heteroatoms. The van der Waals surface area contributed by atoms with E-state index < -0.39 is 23.8 Å². The third-order valence-electron chi connectivity index (χ3n) is 4.70. The van der Waals surface area contributed by atoms with Crippen LogP contribution in [0.2, 0.25) is 0 Å². The molecule has 0 bridgehead atoms. The van der Waals surface area contributed by atoms with Crippen molar-refractivity contribution in [3.05, 3.63) is 83.0 Å². The summed E-state index contributed by atoms with van der Waals surface area (Å²) in [5, 5.41) is 14.6. The van der Waals surface area contributed by atoms with Gasteiger partial charge in [0, 0.05) is 24.0 Å². The Hall–Kier alpha value is -3.49. The molecule has 3 N–H and O–H groups in total. The maximum absolute atomic E-state index is 13.4. The molecule has 3 heterocycles. The smallest absolute Gasteiger partial charge is 0.387 e. The van der Waals surface area contributed by atoms with Crippen molar-refractivity contribution in [2.24, 2.45) is 5.10 Å². The van der Waals surface area contributed by atoms with Gasteiger partial charge in [0.1, 0.15) is 11.9 Å². The van der Waals surface area contributed by atoms with Crippen LogP contribution in [0.3, 0.4) is 0 Å². The Balaban J connectivity index is 1.65. The molecule has 0 fully saturated rings. The summed E-state index contributed by atoms with van der Waals surface area (Å²) in [5.41, 5.74) is 0.940. The number of nitrogens with zero attached hydrogens (tertiary/aromatic N) is 2. The second-order valence-electron chi connectivity index (χ2n) is 6.72. The molecule has 29 heavy (non-hydrogen) atoms. The molecule has 6 nitrogen and oxygen atoms in total. The molecule has 0 aromatic heterocycles. The summed E-state index contributed by atoms with van der Waals surface area (Å²) >= 11 is 0. The van der Waals surface area contributed by atoms with Gasteiger partial charge < -0.3 is 16.0 Å². The van der Waals surface area contributed by atoms with Gasteiger partial charge in [-0.3, -0.25) is 4.79 Å². The van der Waals surface area contributed by atoms with Crippen LogP contribution >= 0.6 is 0 Å². The fourth-order valence-electron chi connectivity index (χ4n) is 3.31. The zero-order valence-electron chi connectivity index (χ0n) is 15.4. The summed E-state index contributed by atoms with van der Waals surface area (Å²) in [6.45, 7) is 2.37. The third kappa shape index (κ3) is 3.63. The molecule has 0 saturated heterocycles. The quantitative estimate of drug-likeness (QED) is 0.728. The van der Waals surface area contributed by atoms with E-state index in [0.717, 1.165) is 11.6 Å². The molecule has 0 radical (unpaired) electrons. The number of dihydropyridines is 1. The van der Waals surface area contributed by atoms with Crippen LogP contribution in [0.1, 0.15) is 18.1 Å². The standard InChI is InChI=1S/C20H18F3N5O/c1-12-10-16(14-4-2-3-5-15(14)20(21,22)23)27-28-17(11-25-18(12)28)19(29)26-13-6-8-24-9-7-13/h2-8,10-11,18,24-25H,9H2,1H3,(H,26,29). The number of nitrogens with one attached hydrogen (secondary N) is 3. The first-order valence-corrected chi connectivity index (χ1v) is 8.95. The Morgan fingerprint density at radius 3 is 2.83 bits per heavy atom. The molecule has 1 aromatic rings. The molecule has 0 aliphatic carbocycles. The normalized spacial score (nSPS) is 20.6. The molecule has 0 saturated carbocycles. The highest BCUT2D eigenvalue weighted by atomic mass is 19.4. The Morgan fingerprint density at radius 1 is 1.31 bits per heavy atom. The number of benzene rings is 1. The first-order chi connectivity index (χ1) is 13.8. The molecule has 3 aliphatic rings. The van der Waals surface area contributed by atoms with Gasteiger partial charge in [-0.05, 0) is 43.0 Å². The van der Waals surface area contributed by atoms with Gasteiger partial charge in [0.2, 0.25) is 0 Å². The van der Waals surface area contributed by atoms with Gasteiger partial charge in [0.15, 0.2) is 0 Å². The second kappa shape index (κ2) is 7.16. The van der Waals surface area contributed by atoms with Crippen LogP contribution in [0.5, 0.6) is 0 Å². The van der Waals surface area contributed by atoms with E-state index >= 15 is 0 Å². The summed E-state index contributed by atoms with van der Waals surface area (Å²) in [7, 11) is 0. The number of carbonyl (C=O) groups excluding carboxylic acids is 1. The maximum atomic E-state index is 13.4. The largest absolute Gasteiger partial charge is 0.417 e. The van der Waals surface area contributed by atoms with Crippen LogP contribution in [0.15, 0.2) is 77.0 Å². The number of rotatable bonds is 3. The van der Waals surface area contributed by atoms with Crippen molar-refractivity contribution >= 4 is 11.6 Å². The molecule has 1 unspecified atom stereocenters. The van der Waals surface area contributed by atoms with Crippen molar-refractivity contribution < 1.29 is 18.0 Å². The van der Waals surface area contributed by atoms with Crippen LogP contribution in [0.4, 0.5) is 13.2 Å². The van der Waals surface area contributed by atoms with E-state index in [1.165, 1.54) is 29.4 Å². The number of amides is 1. The van der Waals surface area contributed by atoms with Gasteiger partial charge in [-0.1, -0.05) is 18.2 Å². The summed E-state index contributed by atoms with van der Waals surface area (Å²) in [6, 6.07) is 5.27. The van der Waals surface area contributed by atoms with E-state index in [0.29, 0.717) is 12.2 Å². The fourth-order valence-corrected chi connectivity index (χ4v) is 3.31. The van der Waals surface area contributed by atoms with Crippen LogP contribution in [-0.4, -0.2) is 29.3 Å². The van der Waals surface area contributed by atoms with Crippen molar-refractivity contribution in [1.82, 2.24) is 21.0 Å². The molecular formula is C20H18F3N5O. The summed E-state index contributed by atoms with van der Waals surface area (Å²) in [6.07, 6.45) is 3.44. The highest BCUT2D eigenvalue weighted by Gasteiger charge is 2.37.